The SMILES string of the molecule is CC.CC=N/C(CCCCOCc1ccc(OC(F)(F)F)cc1)=C(/C)CC. The second kappa shape index (κ2) is 14.3. The van der Waals surface area contributed by atoms with E-state index >= 15 is 0 Å². The van der Waals surface area contributed by atoms with Crippen LogP contribution in [0.4, 0.5) is 13.2 Å². The van der Waals surface area contributed by atoms with Crippen LogP contribution in [0.5, 0.6) is 5.75 Å². The summed E-state index contributed by atoms with van der Waals surface area (Å²) in [6.07, 6.45) is 0.978. The summed E-state index contributed by atoms with van der Waals surface area (Å²) in [7, 11) is 0. The number of hydrogen-bond acceptors (Lipinski definition) is 3. The number of unbranched alkanes of at least 4 members (excludes halogenated alkanes) is 1. The maximum absolute atomic E-state index is 12.1. The van der Waals surface area contributed by atoms with Gasteiger partial charge in [-0.15, -0.1) is 13.2 Å². The third-order valence-electron chi connectivity index (χ3n) is 3.69. The Hall–Kier alpha value is -1.82. The maximum atomic E-state index is 12.1. The molecule has 0 aliphatic rings. The molecule has 0 bridgehead atoms. The summed E-state index contributed by atoms with van der Waals surface area (Å²) in [5, 5.41) is 0. The van der Waals surface area contributed by atoms with Gasteiger partial charge in [-0.2, -0.15) is 0 Å². The number of nitrogens with zero attached hydrogens (tertiary/aromatic N) is 1. The average Bonchev–Trinajstić information content (AvgIpc) is 2.64. The predicted molar refractivity (Wildman–Crippen MR) is 105 cm³/mol. The van der Waals surface area contributed by atoms with Gasteiger partial charge in [0, 0.05) is 18.5 Å². The van der Waals surface area contributed by atoms with Crippen molar-refractivity contribution < 1.29 is 22.6 Å². The number of rotatable bonds is 10. The van der Waals surface area contributed by atoms with Crippen LogP contribution in [0.2, 0.25) is 0 Å². The Morgan fingerprint density at radius 2 is 1.74 bits per heavy atom. The third-order valence-corrected chi connectivity index (χ3v) is 3.69. The summed E-state index contributed by atoms with van der Waals surface area (Å²) < 4.78 is 45.6. The normalized spacial score (nSPS) is 12.4. The lowest BCUT2D eigenvalue weighted by Crippen LogP contribution is -2.17. The van der Waals surface area contributed by atoms with Crippen LogP contribution in [0.3, 0.4) is 0 Å². The fourth-order valence-electron chi connectivity index (χ4n) is 2.22. The molecule has 0 amide bonds. The first kappa shape index (κ1) is 25.2. The molecule has 154 valence electrons. The summed E-state index contributed by atoms with van der Waals surface area (Å²) in [5.74, 6) is -0.224. The van der Waals surface area contributed by atoms with Gasteiger partial charge in [-0.1, -0.05) is 38.5 Å². The lowest BCUT2D eigenvalue weighted by molar-refractivity contribution is -0.274. The molecule has 0 unspecified atom stereocenters. The standard InChI is InChI=1S/C19H26F3NO2.C2H6/c1-4-15(3)18(23-5-2)8-6-7-13-24-14-16-9-11-17(12-10-16)25-19(20,21)22;1-2/h5,9-12H,4,6-8,13-14H2,1-3H3;1-2H3/b18-15-,23-5?;. The maximum Gasteiger partial charge on any atom is 0.573 e. The minimum absolute atomic E-state index is 0.224. The Bertz CT molecular complexity index is 564. The van der Waals surface area contributed by atoms with Gasteiger partial charge >= 0.3 is 6.36 Å². The Morgan fingerprint density at radius 3 is 2.26 bits per heavy atom. The van der Waals surface area contributed by atoms with Crippen molar-refractivity contribution in [2.45, 2.75) is 73.3 Å². The molecule has 0 aliphatic carbocycles. The first-order valence-corrected chi connectivity index (χ1v) is 9.45. The van der Waals surface area contributed by atoms with Gasteiger partial charge in [-0.3, -0.25) is 4.99 Å². The van der Waals surface area contributed by atoms with Crippen molar-refractivity contribution in [3.8, 4) is 5.75 Å². The Kier molecular flexibility index (Phi) is 13.3. The Morgan fingerprint density at radius 1 is 1.11 bits per heavy atom. The molecular weight excluding hydrogens is 355 g/mol. The van der Waals surface area contributed by atoms with Gasteiger partial charge in [0.05, 0.1) is 6.61 Å². The number of aliphatic imine (C=N–C) groups is 1. The highest BCUT2D eigenvalue weighted by atomic mass is 19.4. The smallest absolute Gasteiger partial charge is 0.406 e. The van der Waals surface area contributed by atoms with Gasteiger partial charge in [0.15, 0.2) is 0 Å². The van der Waals surface area contributed by atoms with E-state index in [9.17, 15) is 13.2 Å². The van der Waals surface area contributed by atoms with Gasteiger partial charge < -0.3 is 9.47 Å². The highest BCUT2D eigenvalue weighted by Gasteiger charge is 2.30. The lowest BCUT2D eigenvalue weighted by Gasteiger charge is -2.10. The largest absolute Gasteiger partial charge is 0.573 e. The van der Waals surface area contributed by atoms with Crippen LogP contribution in [0, 0.1) is 0 Å². The van der Waals surface area contributed by atoms with E-state index in [2.05, 4.69) is 23.6 Å². The zero-order valence-corrected chi connectivity index (χ0v) is 17.0. The van der Waals surface area contributed by atoms with Crippen molar-refractivity contribution in [2.24, 2.45) is 4.99 Å². The molecule has 0 fully saturated rings. The number of benzene rings is 1. The van der Waals surface area contributed by atoms with Crippen molar-refractivity contribution in [3.63, 3.8) is 0 Å². The molecular formula is C21H32F3NO2. The highest BCUT2D eigenvalue weighted by molar-refractivity contribution is 5.55. The van der Waals surface area contributed by atoms with E-state index in [0.717, 1.165) is 36.9 Å². The molecule has 0 atom stereocenters. The van der Waals surface area contributed by atoms with Gasteiger partial charge in [-0.05, 0) is 57.2 Å². The Labute approximate surface area is 161 Å². The van der Waals surface area contributed by atoms with Crippen molar-refractivity contribution in [1.82, 2.24) is 0 Å². The van der Waals surface area contributed by atoms with Crippen LogP contribution >= 0.6 is 0 Å². The summed E-state index contributed by atoms with van der Waals surface area (Å²) in [6.45, 7) is 11.1. The number of allylic oxidation sites excluding steroid dienone is 2. The molecule has 0 N–H and O–H groups in total. The quantitative estimate of drug-likeness (QED) is 0.317. The summed E-state index contributed by atoms with van der Waals surface area (Å²) in [5.41, 5.74) is 3.26. The van der Waals surface area contributed by atoms with Crippen LogP contribution in [0.25, 0.3) is 0 Å². The average molecular weight is 387 g/mol. The molecule has 0 saturated heterocycles. The number of ether oxygens (including phenoxy) is 2. The molecule has 1 rings (SSSR count). The topological polar surface area (TPSA) is 30.8 Å². The highest BCUT2D eigenvalue weighted by Crippen LogP contribution is 2.23. The molecule has 0 saturated carbocycles. The van der Waals surface area contributed by atoms with Gasteiger partial charge in [0.25, 0.3) is 0 Å². The number of hydrogen-bond donors (Lipinski definition) is 0. The van der Waals surface area contributed by atoms with E-state index in [1.165, 1.54) is 17.7 Å². The first-order chi connectivity index (χ1) is 12.9. The van der Waals surface area contributed by atoms with Gasteiger partial charge in [0.2, 0.25) is 0 Å². The molecule has 0 radical (unpaired) electrons. The zero-order chi connectivity index (χ0) is 20.7. The van der Waals surface area contributed by atoms with E-state index in [4.69, 9.17) is 4.74 Å². The summed E-state index contributed by atoms with van der Waals surface area (Å²) in [6, 6.07) is 5.73. The van der Waals surface area contributed by atoms with E-state index in [1.807, 2.05) is 27.0 Å². The van der Waals surface area contributed by atoms with Crippen molar-refractivity contribution in [2.75, 3.05) is 6.61 Å². The fourth-order valence-corrected chi connectivity index (χ4v) is 2.22. The molecule has 0 aliphatic heterocycles. The third kappa shape index (κ3) is 12.2. The second-order valence-corrected chi connectivity index (χ2v) is 5.67. The molecule has 6 heteroatoms. The summed E-state index contributed by atoms with van der Waals surface area (Å²) in [4.78, 5) is 4.42. The van der Waals surface area contributed by atoms with Crippen LogP contribution in [0.15, 0.2) is 40.5 Å². The van der Waals surface area contributed by atoms with Crippen molar-refractivity contribution in [1.29, 1.82) is 0 Å². The molecule has 27 heavy (non-hydrogen) atoms. The second-order valence-electron chi connectivity index (χ2n) is 5.67. The van der Waals surface area contributed by atoms with Crippen LogP contribution in [-0.2, 0) is 11.3 Å². The number of halogens is 3. The van der Waals surface area contributed by atoms with E-state index < -0.39 is 6.36 Å². The Balaban J connectivity index is 0.00000326. The monoisotopic (exact) mass is 387 g/mol. The minimum atomic E-state index is -4.66. The van der Waals surface area contributed by atoms with Crippen molar-refractivity contribution >= 4 is 6.21 Å². The van der Waals surface area contributed by atoms with Crippen LogP contribution in [0.1, 0.15) is 65.9 Å². The van der Waals surface area contributed by atoms with E-state index in [-0.39, 0.29) is 5.75 Å². The molecule has 0 heterocycles. The van der Waals surface area contributed by atoms with E-state index in [0.29, 0.717) is 13.2 Å². The van der Waals surface area contributed by atoms with Crippen LogP contribution in [-0.4, -0.2) is 19.2 Å². The molecule has 0 aromatic heterocycles. The van der Waals surface area contributed by atoms with Crippen molar-refractivity contribution in [3.05, 3.63) is 41.1 Å². The molecule has 3 nitrogen and oxygen atoms in total. The van der Waals surface area contributed by atoms with Gasteiger partial charge in [-0.25, -0.2) is 0 Å². The molecule has 0 spiro atoms. The minimum Gasteiger partial charge on any atom is -0.406 e. The zero-order valence-electron chi connectivity index (χ0n) is 17.0. The lowest BCUT2D eigenvalue weighted by atomic mass is 10.1. The van der Waals surface area contributed by atoms with E-state index in [1.54, 1.807) is 12.1 Å². The van der Waals surface area contributed by atoms with Gasteiger partial charge in [0.1, 0.15) is 5.75 Å². The first-order valence-electron chi connectivity index (χ1n) is 9.45. The molecule has 1 aromatic rings. The fraction of sp³-hybridized carbons (Fsp3) is 0.571. The number of alkyl halides is 3. The predicted octanol–water partition coefficient (Wildman–Crippen LogP) is 7.07. The summed E-state index contributed by atoms with van der Waals surface area (Å²) >= 11 is 0. The van der Waals surface area contributed by atoms with Crippen LogP contribution < -0.4 is 4.74 Å². The molecule has 1 aromatic carbocycles.